The monoisotopic (exact) mass is 283 g/mol. The summed E-state index contributed by atoms with van der Waals surface area (Å²) in [5.41, 5.74) is 2.50. The number of rotatable bonds is 5. The summed E-state index contributed by atoms with van der Waals surface area (Å²) < 4.78 is 3.01. The molecule has 1 amide bonds. The first kappa shape index (κ1) is 12.9. The van der Waals surface area contributed by atoms with E-state index in [1.807, 2.05) is 0 Å². The van der Waals surface area contributed by atoms with Crippen LogP contribution < -0.4 is 5.43 Å². The lowest BCUT2D eigenvalue weighted by Crippen LogP contribution is -2.23. The fraction of sp³-hybridized carbons (Fsp3) is 0.250. The molecule has 100 valence electrons. The van der Waals surface area contributed by atoms with Gasteiger partial charge in [-0.3, -0.25) is 15.3 Å². The third kappa shape index (κ3) is 3.22. The summed E-state index contributed by atoms with van der Waals surface area (Å²) in [6.07, 6.45) is 4.02. The Hall–Kier alpha value is -2.56. The fourth-order valence-corrected chi connectivity index (χ4v) is 1.46. The van der Waals surface area contributed by atoms with E-state index < -0.39 is 4.92 Å². The molecule has 0 atom stereocenters. The van der Waals surface area contributed by atoms with Crippen LogP contribution in [0.15, 0.2) is 18.9 Å². The first-order chi connectivity index (χ1) is 9.06. The number of amides is 1. The number of carbonyl (C=O) groups is 1. The van der Waals surface area contributed by atoms with Crippen LogP contribution in [0.3, 0.4) is 0 Å². The molecule has 2 aromatic rings. The number of hydrogen-bond acceptors (Lipinski definition) is 6. The largest absolute Gasteiger partial charge is 0.381 e. The van der Waals surface area contributed by atoms with E-state index in [0.29, 0.717) is 0 Å². The average molecular weight is 283 g/mol. The molecule has 2 heterocycles. The van der Waals surface area contributed by atoms with Crippen LogP contribution >= 0.6 is 12.2 Å². The SMILES string of the molecule is O=C(CCn1cnc([N+](=O)[O-])c1)Nn1cn[nH]c1=S. The van der Waals surface area contributed by atoms with E-state index in [1.165, 1.54) is 28.1 Å². The third-order valence-corrected chi connectivity index (χ3v) is 2.49. The van der Waals surface area contributed by atoms with Gasteiger partial charge in [0.05, 0.1) is 0 Å². The van der Waals surface area contributed by atoms with Gasteiger partial charge >= 0.3 is 5.82 Å². The first-order valence-electron chi connectivity index (χ1n) is 5.14. The highest BCUT2D eigenvalue weighted by Gasteiger charge is 2.10. The van der Waals surface area contributed by atoms with Crippen LogP contribution in [0.25, 0.3) is 0 Å². The van der Waals surface area contributed by atoms with Crippen molar-refractivity contribution in [1.82, 2.24) is 24.4 Å². The van der Waals surface area contributed by atoms with Gasteiger partial charge in [-0.2, -0.15) is 5.10 Å². The molecule has 0 aliphatic heterocycles. The molecule has 2 aromatic heterocycles. The third-order valence-electron chi connectivity index (χ3n) is 2.20. The van der Waals surface area contributed by atoms with E-state index in [0.717, 1.165) is 0 Å². The van der Waals surface area contributed by atoms with Crippen LogP contribution in [0.2, 0.25) is 0 Å². The molecule has 0 aromatic carbocycles. The molecule has 10 nitrogen and oxygen atoms in total. The summed E-state index contributed by atoms with van der Waals surface area (Å²) in [5, 5.41) is 16.6. The van der Waals surface area contributed by atoms with Crippen LogP contribution in [-0.4, -0.2) is 35.3 Å². The average Bonchev–Trinajstić information content (AvgIpc) is 2.97. The summed E-state index contributed by atoms with van der Waals surface area (Å²) in [7, 11) is 0. The molecule has 0 fully saturated rings. The lowest BCUT2D eigenvalue weighted by Gasteiger charge is -2.04. The van der Waals surface area contributed by atoms with Gasteiger partial charge in [-0.1, -0.05) is 0 Å². The minimum absolute atomic E-state index is 0.125. The van der Waals surface area contributed by atoms with E-state index in [1.54, 1.807) is 0 Å². The molecule has 11 heteroatoms. The van der Waals surface area contributed by atoms with Gasteiger partial charge in [0.15, 0.2) is 0 Å². The van der Waals surface area contributed by atoms with E-state index in [-0.39, 0.29) is 29.5 Å². The van der Waals surface area contributed by atoms with Crippen molar-refractivity contribution in [3.05, 3.63) is 33.7 Å². The second-order valence-electron chi connectivity index (χ2n) is 3.54. The van der Waals surface area contributed by atoms with E-state index in [9.17, 15) is 14.9 Å². The Kier molecular flexibility index (Phi) is 3.66. The fourth-order valence-electron chi connectivity index (χ4n) is 1.31. The number of aryl methyl sites for hydroxylation is 1. The Morgan fingerprint density at radius 3 is 2.95 bits per heavy atom. The molecule has 19 heavy (non-hydrogen) atoms. The number of hydrogen-bond donors (Lipinski definition) is 2. The molecule has 2 N–H and O–H groups in total. The number of nitrogens with one attached hydrogen (secondary N) is 2. The predicted octanol–water partition coefficient (Wildman–Crippen LogP) is 0.206. The maximum absolute atomic E-state index is 11.6. The van der Waals surface area contributed by atoms with Gasteiger partial charge in [0.2, 0.25) is 17.0 Å². The summed E-state index contributed by atoms with van der Waals surface area (Å²) in [5.74, 6) is -0.550. The minimum Gasteiger partial charge on any atom is -0.358 e. The highest BCUT2D eigenvalue weighted by atomic mass is 32.1. The van der Waals surface area contributed by atoms with Gasteiger partial charge in [-0.15, -0.1) is 0 Å². The molecule has 0 spiro atoms. The van der Waals surface area contributed by atoms with E-state index >= 15 is 0 Å². The lowest BCUT2D eigenvalue weighted by atomic mass is 10.4. The van der Waals surface area contributed by atoms with Gasteiger partial charge in [0.25, 0.3) is 0 Å². The molecule has 0 bridgehead atoms. The highest BCUT2D eigenvalue weighted by molar-refractivity contribution is 7.71. The van der Waals surface area contributed by atoms with E-state index in [4.69, 9.17) is 12.2 Å². The van der Waals surface area contributed by atoms with Crippen molar-refractivity contribution in [3.8, 4) is 0 Å². The predicted molar refractivity (Wildman–Crippen MR) is 65.3 cm³/mol. The number of carbonyl (C=O) groups excluding carboxylic acids is 1. The second-order valence-corrected chi connectivity index (χ2v) is 3.93. The van der Waals surface area contributed by atoms with Crippen LogP contribution in [0, 0.1) is 14.9 Å². The van der Waals surface area contributed by atoms with Crippen LogP contribution in [-0.2, 0) is 11.3 Å². The van der Waals surface area contributed by atoms with Crippen LogP contribution in [0.1, 0.15) is 6.42 Å². The molecule has 0 saturated carbocycles. The van der Waals surface area contributed by atoms with Crippen molar-refractivity contribution in [2.24, 2.45) is 0 Å². The molecule has 2 rings (SSSR count). The van der Waals surface area contributed by atoms with Crippen molar-refractivity contribution >= 4 is 23.9 Å². The Morgan fingerprint density at radius 2 is 2.37 bits per heavy atom. The Bertz CT molecular complexity index is 657. The Labute approximate surface area is 111 Å². The number of nitrogens with zero attached hydrogens (tertiary/aromatic N) is 5. The zero-order chi connectivity index (χ0) is 13.8. The highest BCUT2D eigenvalue weighted by Crippen LogP contribution is 2.06. The van der Waals surface area contributed by atoms with Crippen molar-refractivity contribution in [1.29, 1.82) is 0 Å². The Balaban J connectivity index is 1.88. The smallest absolute Gasteiger partial charge is 0.358 e. The lowest BCUT2D eigenvalue weighted by molar-refractivity contribution is -0.389. The zero-order valence-corrected chi connectivity index (χ0v) is 10.3. The zero-order valence-electron chi connectivity index (χ0n) is 9.52. The second kappa shape index (κ2) is 5.39. The number of aromatic nitrogens is 5. The molecule has 0 saturated heterocycles. The maximum atomic E-state index is 11.6. The van der Waals surface area contributed by atoms with Crippen molar-refractivity contribution in [3.63, 3.8) is 0 Å². The van der Waals surface area contributed by atoms with Crippen molar-refractivity contribution in [2.75, 3.05) is 5.43 Å². The summed E-state index contributed by atoms with van der Waals surface area (Å²) in [6.45, 7) is 0.276. The molecule has 0 aliphatic carbocycles. The number of imidazole rings is 1. The van der Waals surface area contributed by atoms with Gasteiger partial charge in [-0.05, 0) is 22.1 Å². The standard InChI is InChI=1S/C8H9N7O3S/c16-7(12-14-5-10-11-8(14)19)1-2-13-3-6(9-4-13)15(17)18/h3-5H,1-2H2,(H,11,19)(H,12,16). The quantitative estimate of drug-likeness (QED) is 0.459. The van der Waals surface area contributed by atoms with Crippen LogP contribution in [0.5, 0.6) is 0 Å². The van der Waals surface area contributed by atoms with Gasteiger partial charge < -0.3 is 14.7 Å². The molecule has 0 radical (unpaired) electrons. The normalized spacial score (nSPS) is 10.3. The summed E-state index contributed by atoms with van der Waals surface area (Å²) >= 11 is 4.85. The minimum atomic E-state index is -0.596. The number of H-pyrrole nitrogens is 1. The molecule has 0 aliphatic rings. The van der Waals surface area contributed by atoms with Gasteiger partial charge in [-0.25, -0.2) is 4.68 Å². The maximum Gasteiger partial charge on any atom is 0.381 e. The Morgan fingerprint density at radius 1 is 1.58 bits per heavy atom. The molecular weight excluding hydrogens is 274 g/mol. The van der Waals surface area contributed by atoms with E-state index in [2.05, 4.69) is 20.6 Å². The first-order valence-corrected chi connectivity index (χ1v) is 5.55. The van der Waals surface area contributed by atoms with Gasteiger partial charge in [0.1, 0.15) is 12.5 Å². The molecule has 0 unspecified atom stereocenters. The van der Waals surface area contributed by atoms with Crippen molar-refractivity contribution in [2.45, 2.75) is 13.0 Å². The van der Waals surface area contributed by atoms with Crippen LogP contribution in [0.4, 0.5) is 5.82 Å². The summed E-state index contributed by atoms with van der Waals surface area (Å²) in [4.78, 5) is 25.0. The molecular formula is C8H9N7O3S. The summed E-state index contributed by atoms with van der Waals surface area (Å²) in [6, 6.07) is 0. The number of nitro groups is 1. The number of aromatic amines is 1. The van der Waals surface area contributed by atoms with Gasteiger partial charge in [0, 0.05) is 13.0 Å². The topological polar surface area (TPSA) is 124 Å². The van der Waals surface area contributed by atoms with Crippen molar-refractivity contribution < 1.29 is 9.72 Å².